The molecule has 0 aliphatic carbocycles. The number of para-hydroxylation sites is 2. The molecular weight excluding hydrogens is 705 g/mol. The Kier molecular flexibility index (Phi) is 7.20. The van der Waals surface area contributed by atoms with Crippen LogP contribution in [0.5, 0.6) is 0 Å². The average Bonchev–Trinajstić information content (AvgIpc) is 3.82. The Bertz CT molecular complexity index is 3560. The minimum Gasteiger partial charge on any atom is -0.309 e. The zero-order chi connectivity index (χ0) is 38.2. The number of fused-ring (bicyclic) bond motifs is 10. The van der Waals surface area contributed by atoms with Gasteiger partial charge in [-0.05, 0) is 81.6 Å². The highest BCUT2D eigenvalue weighted by atomic mass is 15.2. The molecule has 9 aromatic carbocycles. The Morgan fingerprint density at radius 3 is 1.66 bits per heavy atom. The smallest absolute Gasteiger partial charge is 0.235 e. The summed E-state index contributed by atoms with van der Waals surface area (Å²) in [5.41, 5.74) is 13.2. The highest BCUT2D eigenvalue weighted by Gasteiger charge is 2.23. The van der Waals surface area contributed by atoms with Crippen LogP contribution >= 0.6 is 0 Å². The van der Waals surface area contributed by atoms with Crippen LogP contribution in [0.15, 0.2) is 206 Å². The minimum atomic E-state index is 0.647. The van der Waals surface area contributed by atoms with Crippen LogP contribution in [0, 0.1) is 0 Å². The van der Waals surface area contributed by atoms with E-state index in [1.165, 1.54) is 49.1 Å². The second-order valence-corrected chi connectivity index (χ2v) is 15.0. The van der Waals surface area contributed by atoms with Crippen molar-refractivity contribution in [2.75, 3.05) is 0 Å². The molecule has 0 spiro atoms. The van der Waals surface area contributed by atoms with Gasteiger partial charge in [0.15, 0.2) is 0 Å². The summed E-state index contributed by atoms with van der Waals surface area (Å²) in [5.74, 6) is 0.647. The van der Waals surface area contributed by atoms with Gasteiger partial charge in [-0.1, -0.05) is 158 Å². The third-order valence-electron chi connectivity index (χ3n) is 11.7. The van der Waals surface area contributed by atoms with E-state index < -0.39 is 0 Å². The Morgan fingerprint density at radius 2 is 0.862 bits per heavy atom. The maximum absolute atomic E-state index is 5.48. The second-order valence-electron chi connectivity index (χ2n) is 15.0. The molecular formula is C54H34N4. The molecule has 3 heterocycles. The van der Waals surface area contributed by atoms with Crippen molar-refractivity contribution >= 4 is 65.3 Å². The first kappa shape index (κ1) is 32.4. The molecule has 0 saturated heterocycles. The number of hydrogen-bond acceptors (Lipinski definition) is 2. The minimum absolute atomic E-state index is 0.647. The maximum atomic E-state index is 5.48. The Hall–Kier alpha value is -7.82. The van der Waals surface area contributed by atoms with Crippen LogP contribution in [0.1, 0.15) is 0 Å². The first-order chi connectivity index (χ1) is 28.8. The molecule has 4 nitrogen and oxygen atoms in total. The molecule has 0 radical (unpaired) electrons. The molecule has 0 aliphatic rings. The van der Waals surface area contributed by atoms with Crippen molar-refractivity contribution in [1.82, 2.24) is 19.1 Å². The van der Waals surface area contributed by atoms with Gasteiger partial charge in [-0.3, -0.25) is 4.57 Å². The normalized spacial score (nSPS) is 11.8. The van der Waals surface area contributed by atoms with Gasteiger partial charge in [-0.2, -0.15) is 0 Å². The Labute approximate surface area is 334 Å². The lowest BCUT2D eigenvalue weighted by atomic mass is 10.00. The fourth-order valence-corrected chi connectivity index (χ4v) is 9.14. The summed E-state index contributed by atoms with van der Waals surface area (Å²) in [4.78, 5) is 10.8. The van der Waals surface area contributed by atoms with E-state index in [1.807, 2.05) is 0 Å². The van der Waals surface area contributed by atoms with E-state index in [2.05, 4.69) is 215 Å². The molecule has 0 saturated carbocycles. The predicted octanol–water partition coefficient (Wildman–Crippen LogP) is 14.0. The van der Waals surface area contributed by atoms with Crippen molar-refractivity contribution in [3.05, 3.63) is 206 Å². The topological polar surface area (TPSA) is 35.6 Å². The van der Waals surface area contributed by atoms with Crippen molar-refractivity contribution in [2.24, 2.45) is 0 Å². The Balaban J connectivity index is 1.17. The lowest BCUT2D eigenvalue weighted by Crippen LogP contribution is -2.03. The lowest BCUT2D eigenvalue weighted by Gasteiger charge is -2.13. The van der Waals surface area contributed by atoms with Gasteiger partial charge in [-0.25, -0.2) is 9.97 Å². The van der Waals surface area contributed by atoms with Gasteiger partial charge in [0.05, 0.1) is 33.3 Å². The van der Waals surface area contributed by atoms with E-state index in [4.69, 9.17) is 9.97 Å². The van der Waals surface area contributed by atoms with Gasteiger partial charge in [0.25, 0.3) is 0 Å². The third-order valence-corrected chi connectivity index (χ3v) is 11.7. The lowest BCUT2D eigenvalue weighted by molar-refractivity contribution is 1.01. The van der Waals surface area contributed by atoms with Crippen LogP contribution in [0.2, 0.25) is 0 Å². The molecule has 0 N–H and O–H groups in total. The monoisotopic (exact) mass is 738 g/mol. The summed E-state index contributed by atoms with van der Waals surface area (Å²) in [6, 6.07) is 73.7. The molecule has 0 aliphatic heterocycles. The summed E-state index contributed by atoms with van der Waals surface area (Å²) in [6.07, 6.45) is 0. The highest BCUT2D eigenvalue weighted by molar-refractivity contribution is 6.33. The molecule has 12 rings (SSSR count). The molecule has 4 heteroatoms. The molecule has 270 valence electrons. The standard InChI is InChI=1S/C54H34N4/c1-3-15-35(16-4-1)38-20-13-22-40(33-38)53-43-25-9-11-27-45(43)55-54(56-53)58-46-28-12-10-26-44(46)51-48(58)31-32-49-52(51)50-42-24-8-7-19-37(42)29-30-47(50)57(49)41-23-14-21-39(34-41)36-17-5-2-6-18-36/h1-34H. The molecule has 3 aromatic heterocycles. The molecule has 0 atom stereocenters. The van der Waals surface area contributed by atoms with Crippen molar-refractivity contribution in [3.63, 3.8) is 0 Å². The van der Waals surface area contributed by atoms with Crippen molar-refractivity contribution in [1.29, 1.82) is 0 Å². The van der Waals surface area contributed by atoms with Gasteiger partial charge in [0.2, 0.25) is 5.95 Å². The maximum Gasteiger partial charge on any atom is 0.235 e. The summed E-state index contributed by atoms with van der Waals surface area (Å²) in [5, 5.41) is 8.29. The molecule has 0 bridgehead atoms. The zero-order valence-electron chi connectivity index (χ0n) is 31.4. The first-order valence-electron chi connectivity index (χ1n) is 19.8. The Morgan fingerprint density at radius 1 is 0.310 bits per heavy atom. The zero-order valence-corrected chi connectivity index (χ0v) is 31.4. The van der Waals surface area contributed by atoms with Crippen LogP contribution in [0.4, 0.5) is 0 Å². The van der Waals surface area contributed by atoms with E-state index in [-0.39, 0.29) is 0 Å². The van der Waals surface area contributed by atoms with Crippen LogP contribution in [0.3, 0.4) is 0 Å². The number of rotatable bonds is 5. The number of hydrogen-bond donors (Lipinski definition) is 0. The number of aromatic nitrogens is 4. The van der Waals surface area contributed by atoms with E-state index >= 15 is 0 Å². The largest absolute Gasteiger partial charge is 0.309 e. The van der Waals surface area contributed by atoms with Crippen LogP contribution in [-0.2, 0) is 0 Å². The number of benzene rings is 9. The third kappa shape index (κ3) is 4.95. The van der Waals surface area contributed by atoms with Gasteiger partial charge in [0, 0.05) is 38.2 Å². The van der Waals surface area contributed by atoms with E-state index in [0.29, 0.717) is 5.95 Å². The number of nitrogens with zero attached hydrogens (tertiary/aromatic N) is 4. The van der Waals surface area contributed by atoms with E-state index in [0.717, 1.165) is 55.3 Å². The summed E-state index contributed by atoms with van der Waals surface area (Å²) < 4.78 is 4.71. The van der Waals surface area contributed by atoms with Gasteiger partial charge in [0.1, 0.15) is 0 Å². The quantitative estimate of drug-likeness (QED) is 0.176. The van der Waals surface area contributed by atoms with Gasteiger partial charge < -0.3 is 4.57 Å². The SMILES string of the molecule is c1ccc(-c2cccc(-c3nc(-n4c5ccccc5c5c6c7c8ccccc8ccc7n(-c7cccc(-c8ccccc8)c7)c6ccc54)nc4ccccc34)c2)cc1. The fourth-order valence-electron chi connectivity index (χ4n) is 9.14. The molecule has 0 amide bonds. The first-order valence-corrected chi connectivity index (χ1v) is 19.8. The van der Waals surface area contributed by atoms with Gasteiger partial charge in [-0.15, -0.1) is 0 Å². The van der Waals surface area contributed by atoms with Crippen LogP contribution < -0.4 is 0 Å². The van der Waals surface area contributed by atoms with Crippen molar-refractivity contribution in [3.8, 4) is 45.1 Å². The summed E-state index contributed by atoms with van der Waals surface area (Å²) >= 11 is 0. The van der Waals surface area contributed by atoms with Crippen LogP contribution in [-0.4, -0.2) is 19.1 Å². The average molecular weight is 739 g/mol. The van der Waals surface area contributed by atoms with Crippen LogP contribution in [0.25, 0.3) is 110 Å². The molecule has 12 aromatic rings. The highest BCUT2D eigenvalue weighted by Crippen LogP contribution is 2.45. The molecule has 0 fully saturated rings. The van der Waals surface area contributed by atoms with Crippen molar-refractivity contribution < 1.29 is 0 Å². The van der Waals surface area contributed by atoms with E-state index in [1.54, 1.807) is 0 Å². The fraction of sp³-hybridized carbons (Fsp3) is 0. The van der Waals surface area contributed by atoms with E-state index in [9.17, 15) is 0 Å². The van der Waals surface area contributed by atoms with Crippen molar-refractivity contribution in [2.45, 2.75) is 0 Å². The second kappa shape index (κ2) is 12.9. The molecule has 58 heavy (non-hydrogen) atoms. The summed E-state index contributed by atoms with van der Waals surface area (Å²) in [6.45, 7) is 0. The van der Waals surface area contributed by atoms with Gasteiger partial charge >= 0.3 is 0 Å². The summed E-state index contributed by atoms with van der Waals surface area (Å²) in [7, 11) is 0. The predicted molar refractivity (Wildman–Crippen MR) is 242 cm³/mol. The molecule has 0 unspecified atom stereocenters.